The van der Waals surface area contributed by atoms with Crippen LogP contribution in [0.3, 0.4) is 0 Å². The zero-order valence-corrected chi connectivity index (χ0v) is 14.2. The number of aryl methyl sites for hydroxylation is 1. The molecule has 3 N–H and O–H groups in total. The molecule has 2 fully saturated rings. The van der Waals surface area contributed by atoms with E-state index in [1.54, 1.807) is 0 Å². The molecule has 2 saturated carbocycles. The quantitative estimate of drug-likeness (QED) is 0.894. The number of nitrogens with two attached hydrogens (primary N) is 1. The van der Waals surface area contributed by atoms with Gasteiger partial charge in [-0.25, -0.2) is 0 Å². The minimum Gasteiger partial charge on any atom is -0.354 e. The first-order chi connectivity index (χ1) is 10.0. The Labute approximate surface area is 139 Å². The van der Waals surface area contributed by atoms with Crippen LogP contribution in [0.1, 0.15) is 56.1 Å². The Bertz CT molecular complexity index is 534. The SMILES string of the molecule is Cc1cccc(C2(CNC(=O)C3(N)CC3)CCCCC2)c1.Cl. The van der Waals surface area contributed by atoms with Gasteiger partial charge < -0.3 is 11.1 Å². The molecule has 0 atom stereocenters. The van der Waals surface area contributed by atoms with Crippen molar-refractivity contribution in [3.63, 3.8) is 0 Å². The van der Waals surface area contributed by atoms with Gasteiger partial charge in [0.25, 0.3) is 0 Å². The van der Waals surface area contributed by atoms with Gasteiger partial charge >= 0.3 is 0 Å². The van der Waals surface area contributed by atoms with E-state index in [9.17, 15) is 4.79 Å². The predicted octanol–water partition coefficient (Wildman–Crippen LogP) is 3.23. The molecule has 2 aliphatic rings. The van der Waals surface area contributed by atoms with Crippen LogP contribution in [-0.2, 0) is 10.2 Å². The number of hydrogen-bond acceptors (Lipinski definition) is 2. The van der Waals surface area contributed by atoms with Crippen molar-refractivity contribution in [3.8, 4) is 0 Å². The fraction of sp³-hybridized carbons (Fsp3) is 0.611. The van der Waals surface area contributed by atoms with E-state index in [0.717, 1.165) is 32.2 Å². The van der Waals surface area contributed by atoms with Gasteiger partial charge in [0.1, 0.15) is 0 Å². The highest BCUT2D eigenvalue weighted by Crippen LogP contribution is 2.40. The highest BCUT2D eigenvalue weighted by molar-refractivity contribution is 5.89. The van der Waals surface area contributed by atoms with Gasteiger partial charge in [-0.15, -0.1) is 12.4 Å². The van der Waals surface area contributed by atoms with Crippen LogP contribution in [0.2, 0.25) is 0 Å². The lowest BCUT2D eigenvalue weighted by Gasteiger charge is -2.38. The van der Waals surface area contributed by atoms with Gasteiger partial charge in [-0.3, -0.25) is 4.79 Å². The van der Waals surface area contributed by atoms with E-state index >= 15 is 0 Å². The number of nitrogens with one attached hydrogen (secondary N) is 1. The molecule has 0 bridgehead atoms. The maximum atomic E-state index is 12.2. The summed E-state index contributed by atoms with van der Waals surface area (Å²) in [5.41, 5.74) is 8.21. The Balaban J connectivity index is 0.00000176. The molecule has 122 valence electrons. The molecule has 2 aliphatic carbocycles. The summed E-state index contributed by atoms with van der Waals surface area (Å²) in [5, 5.41) is 3.15. The highest BCUT2D eigenvalue weighted by atomic mass is 35.5. The van der Waals surface area contributed by atoms with Crippen molar-refractivity contribution in [2.75, 3.05) is 6.54 Å². The van der Waals surface area contributed by atoms with Gasteiger partial charge in [0, 0.05) is 12.0 Å². The number of halogens is 1. The van der Waals surface area contributed by atoms with Crippen molar-refractivity contribution >= 4 is 18.3 Å². The minimum absolute atomic E-state index is 0. The van der Waals surface area contributed by atoms with E-state index in [1.807, 2.05) is 0 Å². The molecule has 3 rings (SSSR count). The molecule has 0 unspecified atom stereocenters. The van der Waals surface area contributed by atoms with Crippen molar-refractivity contribution in [1.82, 2.24) is 5.32 Å². The van der Waals surface area contributed by atoms with Gasteiger partial charge in [-0.1, -0.05) is 49.1 Å². The third-order valence-corrected chi connectivity index (χ3v) is 5.27. The van der Waals surface area contributed by atoms with Gasteiger partial charge in [-0.05, 0) is 38.2 Å². The number of benzene rings is 1. The van der Waals surface area contributed by atoms with Crippen LogP contribution in [0.15, 0.2) is 24.3 Å². The third-order valence-electron chi connectivity index (χ3n) is 5.27. The lowest BCUT2D eigenvalue weighted by Crippen LogP contribution is -2.49. The van der Waals surface area contributed by atoms with Crippen LogP contribution in [0.4, 0.5) is 0 Å². The lowest BCUT2D eigenvalue weighted by molar-refractivity contribution is -0.123. The summed E-state index contributed by atoms with van der Waals surface area (Å²) in [6.07, 6.45) is 7.78. The summed E-state index contributed by atoms with van der Waals surface area (Å²) in [7, 11) is 0. The zero-order valence-electron chi connectivity index (χ0n) is 13.4. The first kappa shape index (κ1) is 17.3. The summed E-state index contributed by atoms with van der Waals surface area (Å²) in [6.45, 7) is 2.87. The molecule has 22 heavy (non-hydrogen) atoms. The summed E-state index contributed by atoms with van der Waals surface area (Å²) in [5.74, 6) is 0.0418. The Kier molecular flexibility index (Phi) is 5.18. The minimum atomic E-state index is -0.567. The summed E-state index contributed by atoms with van der Waals surface area (Å²) < 4.78 is 0. The van der Waals surface area contributed by atoms with Crippen LogP contribution in [0, 0.1) is 6.92 Å². The molecule has 0 radical (unpaired) electrons. The first-order valence-corrected chi connectivity index (χ1v) is 8.19. The normalized spacial score (nSPS) is 21.5. The van der Waals surface area contributed by atoms with Crippen molar-refractivity contribution < 1.29 is 4.79 Å². The maximum Gasteiger partial charge on any atom is 0.240 e. The van der Waals surface area contributed by atoms with E-state index < -0.39 is 5.54 Å². The fourth-order valence-electron chi connectivity index (χ4n) is 3.56. The second kappa shape index (κ2) is 6.59. The van der Waals surface area contributed by atoms with Crippen LogP contribution < -0.4 is 11.1 Å². The number of hydrogen-bond donors (Lipinski definition) is 2. The van der Waals surface area contributed by atoms with Crippen LogP contribution in [-0.4, -0.2) is 18.0 Å². The summed E-state index contributed by atoms with van der Waals surface area (Å²) in [6, 6.07) is 8.78. The van der Waals surface area contributed by atoms with Gasteiger partial charge in [0.05, 0.1) is 5.54 Å². The predicted molar refractivity (Wildman–Crippen MR) is 92.4 cm³/mol. The molecule has 1 aromatic rings. The Morgan fingerprint density at radius 2 is 1.86 bits per heavy atom. The Morgan fingerprint density at radius 1 is 1.18 bits per heavy atom. The fourth-order valence-corrected chi connectivity index (χ4v) is 3.56. The second-order valence-corrected chi connectivity index (χ2v) is 7.05. The largest absolute Gasteiger partial charge is 0.354 e. The number of carbonyl (C=O) groups is 1. The molecule has 0 heterocycles. The standard InChI is InChI=1S/C18H26N2O.ClH/c1-14-6-5-7-15(12-14)17(8-3-2-4-9-17)13-20-16(21)18(19)10-11-18;/h5-7,12H,2-4,8-11,13,19H2,1H3,(H,20,21);1H. The van der Waals surface area contributed by atoms with Crippen LogP contribution in [0.25, 0.3) is 0 Å². The molecule has 0 aromatic heterocycles. The van der Waals surface area contributed by atoms with E-state index in [2.05, 4.69) is 36.5 Å². The van der Waals surface area contributed by atoms with Crippen molar-refractivity contribution in [2.45, 2.75) is 62.8 Å². The molecule has 3 nitrogen and oxygen atoms in total. The van der Waals surface area contributed by atoms with E-state index in [4.69, 9.17) is 5.73 Å². The molecule has 0 spiro atoms. The van der Waals surface area contributed by atoms with E-state index in [1.165, 1.54) is 30.4 Å². The van der Waals surface area contributed by atoms with Gasteiger partial charge in [0.2, 0.25) is 5.91 Å². The van der Waals surface area contributed by atoms with E-state index in [-0.39, 0.29) is 23.7 Å². The van der Waals surface area contributed by atoms with Crippen molar-refractivity contribution in [1.29, 1.82) is 0 Å². The maximum absolute atomic E-state index is 12.2. The monoisotopic (exact) mass is 322 g/mol. The molecule has 1 amide bonds. The van der Waals surface area contributed by atoms with Gasteiger partial charge in [-0.2, -0.15) is 0 Å². The molecule has 0 aliphatic heterocycles. The van der Waals surface area contributed by atoms with Crippen molar-refractivity contribution in [2.24, 2.45) is 5.73 Å². The Morgan fingerprint density at radius 3 is 2.45 bits per heavy atom. The molecule has 1 aromatic carbocycles. The number of carbonyl (C=O) groups excluding carboxylic acids is 1. The van der Waals surface area contributed by atoms with Gasteiger partial charge in [0.15, 0.2) is 0 Å². The molecular weight excluding hydrogens is 296 g/mol. The van der Waals surface area contributed by atoms with Crippen LogP contribution in [0.5, 0.6) is 0 Å². The first-order valence-electron chi connectivity index (χ1n) is 8.19. The van der Waals surface area contributed by atoms with Crippen LogP contribution >= 0.6 is 12.4 Å². The summed E-state index contributed by atoms with van der Waals surface area (Å²) >= 11 is 0. The molecule has 0 saturated heterocycles. The number of amides is 1. The van der Waals surface area contributed by atoms with Crippen molar-refractivity contribution in [3.05, 3.63) is 35.4 Å². The van der Waals surface area contributed by atoms with E-state index in [0.29, 0.717) is 0 Å². The molecular formula is C18H27ClN2O. The average Bonchev–Trinajstić information content (AvgIpc) is 3.25. The Hall–Kier alpha value is -1.06. The topological polar surface area (TPSA) is 55.1 Å². The smallest absolute Gasteiger partial charge is 0.240 e. The second-order valence-electron chi connectivity index (χ2n) is 7.05. The third kappa shape index (κ3) is 3.47. The zero-order chi connectivity index (χ0) is 14.9. The average molecular weight is 323 g/mol. The molecule has 4 heteroatoms. The summed E-state index contributed by atoms with van der Waals surface area (Å²) in [4.78, 5) is 12.2. The number of rotatable bonds is 4. The lowest BCUT2D eigenvalue weighted by atomic mass is 9.69. The highest BCUT2D eigenvalue weighted by Gasteiger charge is 2.46.